The summed E-state index contributed by atoms with van der Waals surface area (Å²) in [5, 5.41) is 11.8. The van der Waals surface area contributed by atoms with Crippen molar-refractivity contribution in [3.05, 3.63) is 35.4 Å². The van der Waals surface area contributed by atoms with Crippen LogP contribution in [0.4, 0.5) is 0 Å². The fourth-order valence-electron chi connectivity index (χ4n) is 2.49. The fraction of sp³-hybridized carbons (Fsp3) is 0.556. The van der Waals surface area contributed by atoms with Gasteiger partial charge in [-0.3, -0.25) is 4.79 Å². The van der Waals surface area contributed by atoms with E-state index in [4.69, 9.17) is 5.11 Å². The molecular weight excluding hydrogens is 278 g/mol. The number of carbonyl (C=O) groups excluding carboxylic acids is 1. The third kappa shape index (κ3) is 4.58. The Hall–Kier alpha value is -1.84. The van der Waals surface area contributed by atoms with E-state index in [1.165, 1.54) is 5.56 Å². The molecule has 2 N–H and O–H groups in total. The van der Waals surface area contributed by atoms with E-state index in [9.17, 15) is 9.59 Å². The lowest BCUT2D eigenvalue weighted by molar-refractivity contribution is -0.142. The van der Waals surface area contributed by atoms with Gasteiger partial charge in [-0.2, -0.15) is 0 Å². The van der Waals surface area contributed by atoms with Gasteiger partial charge in [-0.1, -0.05) is 45.0 Å². The van der Waals surface area contributed by atoms with Crippen molar-refractivity contribution in [1.82, 2.24) is 5.32 Å². The van der Waals surface area contributed by atoms with Crippen molar-refractivity contribution in [2.45, 2.75) is 57.9 Å². The van der Waals surface area contributed by atoms with Gasteiger partial charge in [0.15, 0.2) is 0 Å². The lowest BCUT2D eigenvalue weighted by Crippen LogP contribution is -2.42. The maximum Gasteiger partial charge on any atom is 0.326 e. The van der Waals surface area contributed by atoms with E-state index >= 15 is 0 Å². The van der Waals surface area contributed by atoms with Gasteiger partial charge in [-0.05, 0) is 41.7 Å². The number of aryl methyl sites for hydroxylation is 1. The van der Waals surface area contributed by atoms with Gasteiger partial charge >= 0.3 is 5.97 Å². The first kappa shape index (κ1) is 16.5. The Bertz CT molecular complexity index is 538. The summed E-state index contributed by atoms with van der Waals surface area (Å²) in [6, 6.07) is 7.57. The first-order valence-corrected chi connectivity index (χ1v) is 7.89. The Balaban J connectivity index is 1.84. The molecule has 1 saturated carbocycles. The predicted molar refractivity (Wildman–Crippen MR) is 85.8 cm³/mol. The molecule has 0 radical (unpaired) electrons. The topological polar surface area (TPSA) is 66.4 Å². The van der Waals surface area contributed by atoms with Gasteiger partial charge in [0.05, 0.1) is 0 Å². The molecule has 0 spiro atoms. The second-order valence-corrected chi connectivity index (χ2v) is 7.17. The largest absolute Gasteiger partial charge is 0.480 e. The molecule has 0 aliphatic heterocycles. The number of carbonyl (C=O) groups is 2. The number of aliphatic carboxylic acids is 1. The summed E-state index contributed by atoms with van der Waals surface area (Å²) in [4.78, 5) is 23.0. The molecule has 4 nitrogen and oxygen atoms in total. The highest BCUT2D eigenvalue weighted by Crippen LogP contribution is 2.32. The van der Waals surface area contributed by atoms with E-state index in [-0.39, 0.29) is 17.2 Å². The Morgan fingerprint density at radius 3 is 2.27 bits per heavy atom. The summed E-state index contributed by atoms with van der Waals surface area (Å²) in [6.07, 6.45) is 2.75. The minimum absolute atomic E-state index is 0.118. The van der Waals surface area contributed by atoms with Crippen LogP contribution in [0.15, 0.2) is 24.3 Å². The van der Waals surface area contributed by atoms with Gasteiger partial charge in [0.25, 0.3) is 0 Å². The standard InChI is InChI=1S/C18H25NO3/c1-18(2,3)14-9-4-12(5-10-14)6-11-15(20)19-16(17(21)22)13-7-8-13/h4-5,9-10,13,16H,6-8,11H2,1-3H3,(H,19,20)(H,21,22). The SMILES string of the molecule is CC(C)(C)c1ccc(CCC(=O)NC(C(=O)O)C2CC2)cc1. The smallest absolute Gasteiger partial charge is 0.326 e. The first-order valence-electron chi connectivity index (χ1n) is 7.89. The van der Waals surface area contributed by atoms with Crippen LogP contribution in [-0.2, 0) is 21.4 Å². The summed E-state index contributed by atoms with van der Waals surface area (Å²) in [5.74, 6) is -0.989. The molecule has 0 saturated heterocycles. The molecule has 0 heterocycles. The summed E-state index contributed by atoms with van der Waals surface area (Å²) >= 11 is 0. The minimum atomic E-state index is -0.926. The summed E-state index contributed by atoms with van der Waals surface area (Å²) in [7, 11) is 0. The second-order valence-electron chi connectivity index (χ2n) is 7.17. The Kier molecular flexibility index (Phi) is 4.89. The van der Waals surface area contributed by atoms with Crippen molar-refractivity contribution in [3.8, 4) is 0 Å². The van der Waals surface area contributed by atoms with Crippen molar-refractivity contribution in [2.24, 2.45) is 5.92 Å². The van der Waals surface area contributed by atoms with Gasteiger partial charge < -0.3 is 10.4 Å². The Morgan fingerprint density at radius 2 is 1.82 bits per heavy atom. The number of amides is 1. The molecule has 120 valence electrons. The van der Waals surface area contributed by atoms with Crippen LogP contribution in [0, 0.1) is 5.92 Å². The molecule has 1 unspecified atom stereocenters. The molecule has 1 aromatic carbocycles. The van der Waals surface area contributed by atoms with Gasteiger partial charge in [0.2, 0.25) is 5.91 Å². The molecule has 1 amide bonds. The van der Waals surface area contributed by atoms with E-state index in [0.29, 0.717) is 12.8 Å². The third-order valence-corrected chi connectivity index (χ3v) is 4.14. The van der Waals surface area contributed by atoms with Gasteiger partial charge in [0.1, 0.15) is 6.04 Å². The normalized spacial score (nSPS) is 16.1. The van der Waals surface area contributed by atoms with Crippen LogP contribution in [-0.4, -0.2) is 23.0 Å². The van der Waals surface area contributed by atoms with E-state index < -0.39 is 12.0 Å². The molecule has 1 atom stereocenters. The zero-order valence-electron chi connectivity index (χ0n) is 13.6. The fourth-order valence-corrected chi connectivity index (χ4v) is 2.49. The van der Waals surface area contributed by atoms with Crippen LogP contribution in [0.2, 0.25) is 0 Å². The third-order valence-electron chi connectivity index (χ3n) is 4.14. The van der Waals surface area contributed by atoms with Crippen LogP contribution in [0.5, 0.6) is 0 Å². The van der Waals surface area contributed by atoms with Crippen molar-refractivity contribution < 1.29 is 14.7 Å². The lowest BCUT2D eigenvalue weighted by atomic mass is 9.86. The van der Waals surface area contributed by atoms with Crippen molar-refractivity contribution in [3.63, 3.8) is 0 Å². The molecule has 1 aliphatic rings. The molecule has 2 rings (SSSR count). The average Bonchev–Trinajstić information content (AvgIpc) is 3.26. The highest BCUT2D eigenvalue weighted by molar-refractivity contribution is 5.84. The summed E-state index contributed by atoms with van der Waals surface area (Å²) in [5.41, 5.74) is 2.48. The Labute approximate surface area is 131 Å². The molecule has 0 aromatic heterocycles. The molecule has 1 fully saturated rings. The van der Waals surface area contributed by atoms with Crippen LogP contribution >= 0.6 is 0 Å². The first-order chi connectivity index (χ1) is 10.3. The zero-order chi connectivity index (χ0) is 16.3. The van der Waals surface area contributed by atoms with E-state index in [0.717, 1.165) is 18.4 Å². The van der Waals surface area contributed by atoms with Gasteiger partial charge in [-0.25, -0.2) is 4.79 Å². The number of nitrogens with one attached hydrogen (secondary N) is 1. The monoisotopic (exact) mass is 303 g/mol. The van der Waals surface area contributed by atoms with Crippen LogP contribution in [0.3, 0.4) is 0 Å². The summed E-state index contributed by atoms with van der Waals surface area (Å²) in [6.45, 7) is 6.50. The maximum atomic E-state index is 11.9. The maximum absolute atomic E-state index is 11.9. The molecular formula is C18H25NO3. The number of rotatable bonds is 6. The lowest BCUT2D eigenvalue weighted by Gasteiger charge is -2.19. The van der Waals surface area contributed by atoms with Crippen molar-refractivity contribution in [1.29, 1.82) is 0 Å². The number of carboxylic acid groups (broad SMARTS) is 1. The highest BCUT2D eigenvalue weighted by atomic mass is 16.4. The number of carboxylic acids is 1. The number of benzene rings is 1. The van der Waals surface area contributed by atoms with Crippen LogP contribution < -0.4 is 5.32 Å². The van der Waals surface area contributed by atoms with Crippen LogP contribution in [0.25, 0.3) is 0 Å². The Morgan fingerprint density at radius 1 is 1.23 bits per heavy atom. The molecule has 1 aliphatic carbocycles. The quantitative estimate of drug-likeness (QED) is 0.849. The van der Waals surface area contributed by atoms with Gasteiger partial charge in [-0.15, -0.1) is 0 Å². The summed E-state index contributed by atoms with van der Waals surface area (Å²) < 4.78 is 0. The minimum Gasteiger partial charge on any atom is -0.480 e. The molecule has 0 bridgehead atoms. The molecule has 22 heavy (non-hydrogen) atoms. The average molecular weight is 303 g/mol. The van der Waals surface area contributed by atoms with E-state index in [2.05, 4.69) is 38.2 Å². The van der Waals surface area contributed by atoms with Crippen molar-refractivity contribution in [2.75, 3.05) is 0 Å². The second kappa shape index (κ2) is 6.51. The van der Waals surface area contributed by atoms with Gasteiger partial charge in [0, 0.05) is 6.42 Å². The van der Waals surface area contributed by atoms with Crippen LogP contribution in [0.1, 0.15) is 51.2 Å². The molecule has 4 heteroatoms. The van der Waals surface area contributed by atoms with E-state index in [1.54, 1.807) is 0 Å². The molecule has 1 aromatic rings. The van der Waals surface area contributed by atoms with Crippen molar-refractivity contribution >= 4 is 11.9 Å². The zero-order valence-corrected chi connectivity index (χ0v) is 13.6. The highest BCUT2D eigenvalue weighted by Gasteiger charge is 2.37. The number of hydrogen-bond acceptors (Lipinski definition) is 2. The predicted octanol–water partition coefficient (Wildman–Crippen LogP) is 2.90. The van der Waals surface area contributed by atoms with E-state index in [1.807, 2.05) is 12.1 Å². The number of hydrogen-bond donors (Lipinski definition) is 2.